The number of carboxylic acids is 1. The summed E-state index contributed by atoms with van der Waals surface area (Å²) in [6.07, 6.45) is -3.68. The first-order valence-corrected chi connectivity index (χ1v) is 7.88. The summed E-state index contributed by atoms with van der Waals surface area (Å²) in [6, 6.07) is 8.85. The molecule has 0 bridgehead atoms. The Labute approximate surface area is 156 Å². The van der Waals surface area contributed by atoms with E-state index in [9.17, 15) is 18.0 Å². The lowest BCUT2D eigenvalue weighted by molar-refractivity contribution is -0.274. The normalized spacial score (nSPS) is 11.2. The first kappa shape index (κ1) is 19.1. The maximum Gasteiger partial charge on any atom is 0.573 e. The number of hydrogen-bond donors (Lipinski definition) is 2. The van der Waals surface area contributed by atoms with Crippen molar-refractivity contribution in [1.82, 2.24) is 15.2 Å². The molecule has 0 saturated heterocycles. The topological polar surface area (TPSA) is 110 Å². The Morgan fingerprint density at radius 1 is 1.21 bits per heavy atom. The Hall–Kier alpha value is -3.63. The molecular formula is C17H13F3N4O4. The van der Waals surface area contributed by atoms with Gasteiger partial charge in [0.1, 0.15) is 18.0 Å². The van der Waals surface area contributed by atoms with Crippen LogP contribution in [0, 0.1) is 0 Å². The molecule has 0 unspecified atom stereocenters. The molecule has 1 aromatic carbocycles. The van der Waals surface area contributed by atoms with Crippen molar-refractivity contribution >= 4 is 11.8 Å². The summed E-state index contributed by atoms with van der Waals surface area (Å²) >= 11 is 0. The third kappa shape index (κ3) is 5.43. The molecule has 0 atom stereocenters. The van der Waals surface area contributed by atoms with E-state index in [1.165, 1.54) is 24.4 Å². The van der Waals surface area contributed by atoms with Crippen LogP contribution in [0.3, 0.4) is 0 Å². The number of rotatable bonds is 7. The van der Waals surface area contributed by atoms with Crippen molar-refractivity contribution in [3.05, 3.63) is 54.0 Å². The van der Waals surface area contributed by atoms with E-state index in [1.54, 1.807) is 18.2 Å². The van der Waals surface area contributed by atoms with Crippen molar-refractivity contribution in [2.75, 3.05) is 5.32 Å². The monoisotopic (exact) mass is 394 g/mol. The molecule has 0 saturated carbocycles. The third-order valence-electron chi connectivity index (χ3n) is 3.39. The van der Waals surface area contributed by atoms with E-state index < -0.39 is 12.3 Å². The molecule has 3 aromatic rings. The molecule has 0 aliphatic carbocycles. The highest BCUT2D eigenvalue weighted by molar-refractivity contribution is 5.68. The van der Waals surface area contributed by atoms with E-state index in [1.807, 2.05) is 0 Å². The highest BCUT2D eigenvalue weighted by Gasteiger charge is 2.31. The van der Waals surface area contributed by atoms with Crippen LogP contribution < -0.4 is 10.1 Å². The Kier molecular flexibility index (Phi) is 5.43. The van der Waals surface area contributed by atoms with Gasteiger partial charge in [-0.1, -0.05) is 12.1 Å². The number of ether oxygens (including phenoxy) is 1. The van der Waals surface area contributed by atoms with Gasteiger partial charge in [0, 0.05) is 12.7 Å². The molecule has 0 fully saturated rings. The molecule has 2 heterocycles. The number of pyridine rings is 1. The molecule has 0 amide bonds. The lowest BCUT2D eigenvalue weighted by Crippen LogP contribution is -2.17. The highest BCUT2D eigenvalue weighted by atomic mass is 19.4. The van der Waals surface area contributed by atoms with Gasteiger partial charge >= 0.3 is 12.3 Å². The van der Waals surface area contributed by atoms with E-state index in [4.69, 9.17) is 9.52 Å². The zero-order valence-corrected chi connectivity index (χ0v) is 14.1. The number of aromatic nitrogens is 3. The van der Waals surface area contributed by atoms with Crippen molar-refractivity contribution in [2.24, 2.45) is 0 Å². The van der Waals surface area contributed by atoms with E-state index >= 15 is 0 Å². The van der Waals surface area contributed by atoms with E-state index in [2.05, 4.69) is 25.2 Å². The molecule has 0 aliphatic heterocycles. The van der Waals surface area contributed by atoms with Gasteiger partial charge in [-0.15, -0.1) is 23.4 Å². The van der Waals surface area contributed by atoms with Crippen LogP contribution in [0.5, 0.6) is 5.75 Å². The summed E-state index contributed by atoms with van der Waals surface area (Å²) in [6.45, 7) is 0.227. The van der Waals surface area contributed by atoms with Crippen LogP contribution in [0.1, 0.15) is 11.5 Å². The lowest BCUT2D eigenvalue weighted by atomic mass is 10.2. The van der Waals surface area contributed by atoms with Crippen molar-refractivity contribution in [3.8, 4) is 17.2 Å². The number of halogens is 3. The van der Waals surface area contributed by atoms with Gasteiger partial charge in [-0.3, -0.25) is 4.79 Å². The van der Waals surface area contributed by atoms with Gasteiger partial charge in [0.25, 0.3) is 0 Å². The zero-order chi connectivity index (χ0) is 20.1. The van der Waals surface area contributed by atoms with Crippen molar-refractivity contribution in [3.63, 3.8) is 0 Å². The zero-order valence-electron chi connectivity index (χ0n) is 14.1. The minimum absolute atomic E-state index is 0.0225. The molecule has 0 aliphatic rings. The smallest absolute Gasteiger partial charge is 0.481 e. The standard InChI is InChI=1S/C17H13F3N4O4/c18-17(19,20)28-12-3-1-2-10(6-12)8-21-13-5-4-11(9-22-13)16-24-23-14(27-16)7-15(25)26/h1-6,9H,7-8H2,(H,21,22)(H,25,26). The molecule has 0 spiro atoms. The number of nitrogens with one attached hydrogen (secondary N) is 1. The number of anilines is 1. The summed E-state index contributed by atoms with van der Waals surface area (Å²) in [7, 11) is 0. The van der Waals surface area contributed by atoms with Gasteiger partial charge in [-0.2, -0.15) is 0 Å². The van der Waals surface area contributed by atoms with Gasteiger partial charge < -0.3 is 19.6 Å². The molecule has 146 valence electrons. The first-order valence-electron chi connectivity index (χ1n) is 7.88. The Morgan fingerprint density at radius 3 is 2.71 bits per heavy atom. The quantitative estimate of drug-likeness (QED) is 0.628. The Morgan fingerprint density at radius 2 is 2.04 bits per heavy atom. The average molecular weight is 394 g/mol. The summed E-state index contributed by atoms with van der Waals surface area (Å²) in [5.41, 5.74) is 1.07. The van der Waals surface area contributed by atoms with E-state index in [0.29, 0.717) is 16.9 Å². The SMILES string of the molecule is O=C(O)Cc1nnc(-c2ccc(NCc3cccc(OC(F)(F)F)c3)nc2)o1. The summed E-state index contributed by atoms with van der Waals surface area (Å²) in [4.78, 5) is 14.8. The van der Waals surface area contributed by atoms with Gasteiger partial charge in [0.15, 0.2) is 0 Å². The third-order valence-corrected chi connectivity index (χ3v) is 3.39. The van der Waals surface area contributed by atoms with E-state index in [0.717, 1.165) is 0 Å². The second-order valence-corrected chi connectivity index (χ2v) is 5.55. The van der Waals surface area contributed by atoms with Crippen LogP contribution in [-0.4, -0.2) is 32.6 Å². The minimum Gasteiger partial charge on any atom is -0.481 e. The maximum atomic E-state index is 12.3. The number of carboxylic acid groups (broad SMARTS) is 1. The van der Waals surface area contributed by atoms with Gasteiger partial charge in [0.05, 0.1) is 5.56 Å². The van der Waals surface area contributed by atoms with Crippen molar-refractivity contribution < 1.29 is 32.2 Å². The van der Waals surface area contributed by atoms with Gasteiger partial charge in [0.2, 0.25) is 11.8 Å². The van der Waals surface area contributed by atoms with Crippen LogP contribution in [0.4, 0.5) is 19.0 Å². The van der Waals surface area contributed by atoms with Crippen LogP contribution >= 0.6 is 0 Å². The predicted octanol–water partition coefficient (Wildman–Crippen LogP) is 3.27. The Bertz CT molecular complexity index is 958. The first-order chi connectivity index (χ1) is 13.3. The fourth-order valence-corrected chi connectivity index (χ4v) is 2.24. The summed E-state index contributed by atoms with van der Waals surface area (Å²) in [5, 5.41) is 19.1. The van der Waals surface area contributed by atoms with Crippen LogP contribution in [-0.2, 0) is 17.8 Å². The predicted molar refractivity (Wildman–Crippen MR) is 89.3 cm³/mol. The fraction of sp³-hybridized carbons (Fsp3) is 0.176. The number of carbonyl (C=O) groups is 1. The van der Waals surface area contributed by atoms with Gasteiger partial charge in [-0.25, -0.2) is 4.98 Å². The molecule has 11 heteroatoms. The largest absolute Gasteiger partial charge is 0.573 e. The van der Waals surface area contributed by atoms with Crippen LogP contribution in [0.25, 0.3) is 11.5 Å². The molecule has 2 N–H and O–H groups in total. The number of nitrogens with zero attached hydrogens (tertiary/aromatic N) is 3. The van der Waals surface area contributed by atoms with Crippen LogP contribution in [0.2, 0.25) is 0 Å². The molecule has 2 aromatic heterocycles. The molecule has 3 rings (SSSR count). The number of alkyl halides is 3. The number of hydrogen-bond acceptors (Lipinski definition) is 7. The second-order valence-electron chi connectivity index (χ2n) is 5.55. The summed E-state index contributed by atoms with van der Waals surface area (Å²) < 4.78 is 45.9. The van der Waals surface area contributed by atoms with Crippen molar-refractivity contribution in [1.29, 1.82) is 0 Å². The van der Waals surface area contributed by atoms with Gasteiger partial charge in [-0.05, 0) is 29.8 Å². The van der Waals surface area contributed by atoms with Crippen LogP contribution in [0.15, 0.2) is 47.0 Å². The second kappa shape index (κ2) is 7.94. The molecule has 8 nitrogen and oxygen atoms in total. The molecule has 0 radical (unpaired) electrons. The molecule has 28 heavy (non-hydrogen) atoms. The average Bonchev–Trinajstić information content (AvgIpc) is 3.07. The van der Waals surface area contributed by atoms with E-state index in [-0.39, 0.29) is 30.5 Å². The fourth-order valence-electron chi connectivity index (χ4n) is 2.24. The summed E-state index contributed by atoms with van der Waals surface area (Å²) in [5.74, 6) is -0.810. The highest BCUT2D eigenvalue weighted by Crippen LogP contribution is 2.24. The lowest BCUT2D eigenvalue weighted by Gasteiger charge is -2.10. The minimum atomic E-state index is -4.75. The molecular weight excluding hydrogens is 381 g/mol. The maximum absolute atomic E-state index is 12.3. The number of aliphatic carboxylic acids is 1. The number of benzene rings is 1. The Balaban J connectivity index is 1.61. The van der Waals surface area contributed by atoms with Crippen molar-refractivity contribution in [2.45, 2.75) is 19.3 Å².